The zero-order valence-electron chi connectivity index (χ0n) is 11.9. The molecule has 0 aliphatic heterocycles. The van der Waals surface area contributed by atoms with Gasteiger partial charge in [0.15, 0.2) is 17.4 Å². The Balaban J connectivity index is 2.71. The Labute approximate surface area is 117 Å². The van der Waals surface area contributed by atoms with Crippen molar-refractivity contribution >= 4 is 5.91 Å². The fourth-order valence-electron chi connectivity index (χ4n) is 1.82. The van der Waals surface area contributed by atoms with Gasteiger partial charge in [0, 0.05) is 12.6 Å². The smallest absolute Gasteiger partial charge is 0.234 e. The maximum Gasteiger partial charge on any atom is 0.234 e. The van der Waals surface area contributed by atoms with Gasteiger partial charge >= 0.3 is 0 Å². The van der Waals surface area contributed by atoms with Gasteiger partial charge < -0.3 is 10.4 Å². The van der Waals surface area contributed by atoms with E-state index in [0.717, 1.165) is 12.1 Å². The predicted molar refractivity (Wildman–Crippen MR) is 72.3 cm³/mol. The molecule has 6 heteroatoms. The number of hydrogen-bond donors (Lipinski definition) is 2. The first-order valence-electron chi connectivity index (χ1n) is 6.52. The number of nitrogens with one attached hydrogen (secondary N) is 1. The summed E-state index contributed by atoms with van der Waals surface area (Å²) in [7, 11) is 0. The Hall–Kier alpha value is -1.69. The normalized spacial score (nSPS) is 11.2. The average molecular weight is 286 g/mol. The zero-order valence-corrected chi connectivity index (χ0v) is 11.9. The van der Waals surface area contributed by atoms with Gasteiger partial charge in [-0.25, -0.2) is 8.78 Å². The molecule has 0 unspecified atom stereocenters. The first-order valence-corrected chi connectivity index (χ1v) is 6.52. The number of aromatic hydroxyl groups is 1. The van der Waals surface area contributed by atoms with Crippen LogP contribution >= 0.6 is 0 Å². The van der Waals surface area contributed by atoms with Gasteiger partial charge in [-0.05, 0) is 38.1 Å². The summed E-state index contributed by atoms with van der Waals surface area (Å²) in [6, 6.07) is 2.19. The van der Waals surface area contributed by atoms with Crippen molar-refractivity contribution in [3.8, 4) is 5.75 Å². The second-order valence-corrected chi connectivity index (χ2v) is 4.93. The van der Waals surface area contributed by atoms with Gasteiger partial charge in [0.05, 0.1) is 6.54 Å². The van der Waals surface area contributed by atoms with Crippen LogP contribution in [0, 0.1) is 11.6 Å². The van der Waals surface area contributed by atoms with Gasteiger partial charge in [0.1, 0.15) is 0 Å². The van der Waals surface area contributed by atoms with Crippen molar-refractivity contribution in [2.45, 2.75) is 33.4 Å². The van der Waals surface area contributed by atoms with E-state index < -0.39 is 17.4 Å². The number of rotatable bonds is 6. The second kappa shape index (κ2) is 7.19. The number of phenolic OH excluding ortho intramolecular Hbond substituents is 1. The molecule has 112 valence electrons. The predicted octanol–water partition coefficient (Wildman–Crippen LogP) is 2.02. The van der Waals surface area contributed by atoms with E-state index in [1.54, 1.807) is 4.90 Å². The highest BCUT2D eigenvalue weighted by molar-refractivity contribution is 5.78. The molecule has 0 fully saturated rings. The van der Waals surface area contributed by atoms with E-state index in [4.69, 9.17) is 5.11 Å². The lowest BCUT2D eigenvalue weighted by Gasteiger charge is -2.21. The molecule has 20 heavy (non-hydrogen) atoms. The Kier molecular flexibility index (Phi) is 5.88. The minimum absolute atomic E-state index is 0.0461. The molecule has 0 radical (unpaired) electrons. The van der Waals surface area contributed by atoms with Crippen molar-refractivity contribution in [2.24, 2.45) is 0 Å². The summed E-state index contributed by atoms with van der Waals surface area (Å²) in [5, 5.41) is 11.8. The number of phenols is 1. The van der Waals surface area contributed by atoms with E-state index in [1.165, 1.54) is 0 Å². The third kappa shape index (κ3) is 4.77. The lowest BCUT2D eigenvalue weighted by atomic mass is 10.2. The summed E-state index contributed by atoms with van der Waals surface area (Å²) >= 11 is 0. The highest BCUT2D eigenvalue weighted by Gasteiger charge is 2.14. The molecule has 0 aliphatic carbocycles. The fraction of sp³-hybridized carbons (Fsp3) is 0.500. The first kappa shape index (κ1) is 16.4. The Bertz CT molecular complexity index is 455. The number of hydrogen-bond acceptors (Lipinski definition) is 3. The van der Waals surface area contributed by atoms with E-state index in [1.807, 2.05) is 20.8 Å². The topological polar surface area (TPSA) is 52.6 Å². The summed E-state index contributed by atoms with van der Waals surface area (Å²) < 4.78 is 26.5. The third-order valence-corrected chi connectivity index (χ3v) is 2.75. The summed E-state index contributed by atoms with van der Waals surface area (Å²) in [5.74, 6) is -3.11. The van der Waals surface area contributed by atoms with Crippen LogP contribution in [0.5, 0.6) is 5.75 Å². The van der Waals surface area contributed by atoms with Crippen molar-refractivity contribution in [3.05, 3.63) is 29.3 Å². The molecular weight excluding hydrogens is 266 g/mol. The van der Waals surface area contributed by atoms with Crippen LogP contribution in [0.25, 0.3) is 0 Å². The SMILES string of the molecule is CCN(CC(=O)NC(C)C)Cc1cc(F)c(O)c(F)c1. The first-order chi connectivity index (χ1) is 9.33. The fourth-order valence-corrected chi connectivity index (χ4v) is 1.82. The number of benzene rings is 1. The molecule has 0 atom stereocenters. The Morgan fingerprint density at radius 1 is 1.35 bits per heavy atom. The van der Waals surface area contributed by atoms with Gasteiger partial charge in [-0.1, -0.05) is 6.92 Å². The van der Waals surface area contributed by atoms with Crippen LogP contribution in [0.15, 0.2) is 12.1 Å². The van der Waals surface area contributed by atoms with E-state index in [0.29, 0.717) is 12.1 Å². The van der Waals surface area contributed by atoms with Crippen LogP contribution < -0.4 is 5.32 Å². The standard InChI is InChI=1S/C14H20F2N2O2/c1-4-18(8-13(19)17-9(2)3)7-10-5-11(15)14(20)12(16)6-10/h5-6,9,20H,4,7-8H2,1-3H3,(H,17,19). The van der Waals surface area contributed by atoms with Crippen molar-refractivity contribution in [1.29, 1.82) is 0 Å². The van der Waals surface area contributed by atoms with Crippen molar-refractivity contribution < 1.29 is 18.7 Å². The Morgan fingerprint density at radius 2 is 1.90 bits per heavy atom. The van der Waals surface area contributed by atoms with Crippen molar-refractivity contribution in [1.82, 2.24) is 10.2 Å². The molecule has 2 N–H and O–H groups in total. The van der Waals surface area contributed by atoms with E-state index in [9.17, 15) is 13.6 Å². The van der Waals surface area contributed by atoms with Gasteiger partial charge in [-0.15, -0.1) is 0 Å². The molecule has 0 spiro atoms. The molecule has 0 saturated carbocycles. The number of nitrogens with zero attached hydrogens (tertiary/aromatic N) is 1. The zero-order chi connectivity index (χ0) is 15.3. The van der Waals surface area contributed by atoms with Crippen molar-refractivity contribution in [2.75, 3.05) is 13.1 Å². The number of carbonyl (C=O) groups excluding carboxylic acids is 1. The van der Waals surface area contributed by atoms with Crippen molar-refractivity contribution in [3.63, 3.8) is 0 Å². The quantitative estimate of drug-likeness (QED) is 0.841. The molecule has 0 aliphatic rings. The largest absolute Gasteiger partial charge is 0.503 e. The molecule has 0 heterocycles. The molecule has 0 bridgehead atoms. The lowest BCUT2D eigenvalue weighted by Crippen LogP contribution is -2.39. The average Bonchev–Trinajstić information content (AvgIpc) is 2.33. The molecule has 1 aromatic carbocycles. The summed E-state index contributed by atoms with van der Waals surface area (Å²) in [5.41, 5.74) is 0.372. The molecule has 0 aromatic heterocycles. The monoisotopic (exact) mass is 286 g/mol. The van der Waals surface area contributed by atoms with Gasteiger partial charge in [0.25, 0.3) is 0 Å². The lowest BCUT2D eigenvalue weighted by molar-refractivity contribution is -0.122. The van der Waals surface area contributed by atoms with Crippen LogP contribution in [0.1, 0.15) is 26.3 Å². The van der Waals surface area contributed by atoms with E-state index in [2.05, 4.69) is 5.32 Å². The third-order valence-electron chi connectivity index (χ3n) is 2.75. The highest BCUT2D eigenvalue weighted by atomic mass is 19.1. The Morgan fingerprint density at radius 3 is 2.35 bits per heavy atom. The number of halogens is 2. The molecule has 1 aromatic rings. The summed E-state index contributed by atoms with van der Waals surface area (Å²) in [4.78, 5) is 13.4. The molecule has 1 amide bonds. The minimum Gasteiger partial charge on any atom is -0.503 e. The molecular formula is C14H20F2N2O2. The van der Waals surface area contributed by atoms with Crippen LogP contribution in [0.3, 0.4) is 0 Å². The van der Waals surface area contributed by atoms with E-state index >= 15 is 0 Å². The highest BCUT2D eigenvalue weighted by Crippen LogP contribution is 2.22. The maximum absolute atomic E-state index is 13.2. The second-order valence-electron chi connectivity index (χ2n) is 4.93. The number of carbonyl (C=O) groups is 1. The van der Waals surface area contributed by atoms with Crippen LogP contribution in [0.4, 0.5) is 8.78 Å². The van der Waals surface area contributed by atoms with Crippen LogP contribution in [-0.4, -0.2) is 35.0 Å². The molecule has 0 saturated heterocycles. The number of amides is 1. The van der Waals surface area contributed by atoms with Crippen LogP contribution in [-0.2, 0) is 11.3 Å². The van der Waals surface area contributed by atoms with Gasteiger partial charge in [-0.2, -0.15) is 0 Å². The van der Waals surface area contributed by atoms with Gasteiger partial charge in [-0.3, -0.25) is 9.69 Å². The van der Waals surface area contributed by atoms with E-state index in [-0.39, 0.29) is 25.0 Å². The number of likely N-dealkylation sites (N-methyl/N-ethyl adjacent to an activating group) is 1. The summed E-state index contributed by atoms with van der Waals surface area (Å²) in [6.07, 6.45) is 0. The minimum atomic E-state index is -0.998. The van der Waals surface area contributed by atoms with Crippen LogP contribution in [0.2, 0.25) is 0 Å². The summed E-state index contributed by atoms with van der Waals surface area (Å²) in [6.45, 7) is 6.53. The van der Waals surface area contributed by atoms with Gasteiger partial charge in [0.2, 0.25) is 5.91 Å². The maximum atomic E-state index is 13.2. The molecule has 4 nitrogen and oxygen atoms in total. The molecule has 1 rings (SSSR count).